The molecule has 2 heterocycles. The lowest BCUT2D eigenvalue weighted by Crippen LogP contribution is -2.29. The predicted molar refractivity (Wildman–Crippen MR) is 117 cm³/mol. The van der Waals surface area contributed by atoms with E-state index < -0.39 is 0 Å². The molecule has 158 valence electrons. The van der Waals surface area contributed by atoms with Gasteiger partial charge >= 0.3 is 0 Å². The van der Waals surface area contributed by atoms with E-state index in [9.17, 15) is 4.79 Å². The number of aryl methyl sites for hydroxylation is 2. The van der Waals surface area contributed by atoms with Crippen LogP contribution in [0.15, 0.2) is 71.4 Å². The minimum Gasteiger partial charge on any atom is -0.497 e. The maximum Gasteiger partial charge on any atom is 0.290 e. The van der Waals surface area contributed by atoms with E-state index in [4.69, 9.17) is 9.26 Å². The van der Waals surface area contributed by atoms with Crippen LogP contribution in [0.3, 0.4) is 0 Å². The van der Waals surface area contributed by atoms with Crippen LogP contribution in [0.5, 0.6) is 5.75 Å². The van der Waals surface area contributed by atoms with Gasteiger partial charge in [0.25, 0.3) is 5.91 Å². The summed E-state index contributed by atoms with van der Waals surface area (Å²) in [6, 6.07) is 18.7. The van der Waals surface area contributed by atoms with Gasteiger partial charge in [-0.2, -0.15) is 5.10 Å². The van der Waals surface area contributed by atoms with Gasteiger partial charge in [-0.15, -0.1) is 0 Å². The Morgan fingerprint density at radius 2 is 1.84 bits per heavy atom. The van der Waals surface area contributed by atoms with E-state index in [1.54, 1.807) is 13.2 Å². The summed E-state index contributed by atoms with van der Waals surface area (Å²) < 4.78 is 12.4. The largest absolute Gasteiger partial charge is 0.497 e. The van der Waals surface area contributed by atoms with E-state index >= 15 is 0 Å². The smallest absolute Gasteiger partial charge is 0.290 e. The topological polar surface area (TPSA) is 82.2 Å². The molecule has 0 saturated carbocycles. The molecule has 1 N–H and O–H groups in total. The second-order valence-corrected chi connectivity index (χ2v) is 7.15. The lowest BCUT2D eigenvalue weighted by atomic mass is 9.98. The van der Waals surface area contributed by atoms with Crippen molar-refractivity contribution in [1.29, 1.82) is 0 Å². The van der Waals surface area contributed by atoms with Crippen LogP contribution in [-0.4, -0.2) is 28.0 Å². The first-order valence-corrected chi connectivity index (χ1v) is 10.1. The first-order valence-electron chi connectivity index (χ1n) is 10.1. The Morgan fingerprint density at radius 1 is 1.13 bits per heavy atom. The van der Waals surface area contributed by atoms with Crippen molar-refractivity contribution < 1.29 is 14.1 Å². The van der Waals surface area contributed by atoms with Gasteiger partial charge in [-0.25, -0.2) is 0 Å². The molecular weight excluding hydrogens is 392 g/mol. The van der Waals surface area contributed by atoms with Gasteiger partial charge in [-0.1, -0.05) is 47.6 Å². The number of amides is 1. The standard InChI is InChI=1S/C24H24N4O3/c1-4-28-15-20(16(2)26-28)21-14-22(31-27-21)24(29)25-23(17-8-6-5-7-9-17)18-10-12-19(30-3)13-11-18/h5-15,23H,4H2,1-3H3,(H,25,29). The van der Waals surface area contributed by atoms with Crippen molar-refractivity contribution in [3.8, 4) is 17.0 Å². The summed E-state index contributed by atoms with van der Waals surface area (Å²) in [5.41, 5.74) is 4.16. The summed E-state index contributed by atoms with van der Waals surface area (Å²) in [5.74, 6) is 0.557. The van der Waals surface area contributed by atoms with Crippen LogP contribution in [0, 0.1) is 6.92 Å². The van der Waals surface area contributed by atoms with E-state index in [0.29, 0.717) is 5.69 Å². The molecule has 1 atom stereocenters. The number of nitrogens with zero attached hydrogens (tertiary/aromatic N) is 3. The highest BCUT2D eigenvalue weighted by Crippen LogP contribution is 2.26. The number of rotatable bonds is 7. The summed E-state index contributed by atoms with van der Waals surface area (Å²) in [4.78, 5) is 13.0. The molecular formula is C24H24N4O3. The van der Waals surface area contributed by atoms with Crippen molar-refractivity contribution in [3.05, 3.63) is 89.4 Å². The van der Waals surface area contributed by atoms with Gasteiger partial charge in [0.15, 0.2) is 0 Å². The Labute approximate surface area is 180 Å². The second-order valence-electron chi connectivity index (χ2n) is 7.15. The van der Waals surface area contributed by atoms with E-state index in [1.165, 1.54) is 0 Å². The molecule has 0 aliphatic heterocycles. The van der Waals surface area contributed by atoms with Crippen LogP contribution < -0.4 is 10.1 Å². The fourth-order valence-electron chi connectivity index (χ4n) is 3.44. The Kier molecular flexibility index (Phi) is 5.84. The number of benzene rings is 2. The molecule has 0 aliphatic carbocycles. The van der Waals surface area contributed by atoms with Crippen LogP contribution in [0.2, 0.25) is 0 Å². The number of ether oxygens (including phenoxy) is 1. The Bertz CT molecular complexity index is 1160. The predicted octanol–water partition coefficient (Wildman–Crippen LogP) is 4.39. The molecule has 1 amide bonds. The fraction of sp³-hybridized carbons (Fsp3) is 0.208. The molecule has 0 aliphatic rings. The Morgan fingerprint density at radius 3 is 2.48 bits per heavy atom. The lowest BCUT2D eigenvalue weighted by Gasteiger charge is -2.19. The third-order valence-corrected chi connectivity index (χ3v) is 5.14. The van der Waals surface area contributed by atoms with Gasteiger partial charge in [0.2, 0.25) is 5.76 Å². The number of methoxy groups -OCH3 is 1. The quantitative estimate of drug-likeness (QED) is 0.483. The Balaban J connectivity index is 1.60. The van der Waals surface area contributed by atoms with Gasteiger partial charge < -0.3 is 14.6 Å². The fourth-order valence-corrected chi connectivity index (χ4v) is 3.44. The molecule has 4 rings (SSSR count). The molecule has 7 heteroatoms. The highest BCUT2D eigenvalue weighted by atomic mass is 16.5. The SMILES string of the molecule is CCn1cc(-c2cc(C(=O)NC(c3ccccc3)c3ccc(OC)cc3)on2)c(C)n1. The second kappa shape index (κ2) is 8.87. The van der Waals surface area contributed by atoms with E-state index in [1.807, 2.05) is 79.3 Å². The molecule has 1 unspecified atom stereocenters. The van der Waals surface area contributed by atoms with Crippen LogP contribution >= 0.6 is 0 Å². The number of hydrogen-bond acceptors (Lipinski definition) is 5. The van der Waals surface area contributed by atoms with Crippen LogP contribution in [0.4, 0.5) is 0 Å². The number of nitrogens with one attached hydrogen (secondary N) is 1. The zero-order valence-electron chi connectivity index (χ0n) is 17.7. The monoisotopic (exact) mass is 416 g/mol. The maximum atomic E-state index is 13.0. The lowest BCUT2D eigenvalue weighted by molar-refractivity contribution is 0.0906. The third-order valence-electron chi connectivity index (χ3n) is 5.14. The summed E-state index contributed by atoms with van der Waals surface area (Å²) >= 11 is 0. The molecule has 0 saturated heterocycles. The van der Waals surface area contributed by atoms with E-state index in [2.05, 4.69) is 15.6 Å². The van der Waals surface area contributed by atoms with Gasteiger partial charge in [-0.05, 0) is 37.1 Å². The van der Waals surface area contributed by atoms with Crippen molar-refractivity contribution in [2.45, 2.75) is 26.4 Å². The van der Waals surface area contributed by atoms with Gasteiger partial charge in [-0.3, -0.25) is 9.48 Å². The molecule has 4 aromatic rings. The maximum absolute atomic E-state index is 13.0. The number of carbonyl (C=O) groups is 1. The Hall–Kier alpha value is -3.87. The average Bonchev–Trinajstić information content (AvgIpc) is 3.44. The average molecular weight is 416 g/mol. The number of carbonyl (C=O) groups excluding carboxylic acids is 1. The summed E-state index contributed by atoms with van der Waals surface area (Å²) in [6.45, 7) is 4.68. The molecule has 7 nitrogen and oxygen atoms in total. The van der Waals surface area contributed by atoms with Crippen molar-refractivity contribution in [3.63, 3.8) is 0 Å². The zero-order chi connectivity index (χ0) is 21.8. The molecule has 0 spiro atoms. The summed E-state index contributed by atoms with van der Waals surface area (Å²) in [5, 5.41) is 11.6. The number of hydrogen-bond donors (Lipinski definition) is 1. The summed E-state index contributed by atoms with van der Waals surface area (Å²) in [6.07, 6.45) is 1.90. The third kappa shape index (κ3) is 4.35. The minimum atomic E-state index is -0.349. The normalized spacial score (nSPS) is 11.8. The van der Waals surface area contributed by atoms with Gasteiger partial charge in [0.05, 0.1) is 18.8 Å². The van der Waals surface area contributed by atoms with Crippen LogP contribution in [0.25, 0.3) is 11.3 Å². The highest BCUT2D eigenvalue weighted by molar-refractivity contribution is 5.93. The molecule has 31 heavy (non-hydrogen) atoms. The van der Waals surface area contributed by atoms with Crippen molar-refractivity contribution >= 4 is 5.91 Å². The first-order chi connectivity index (χ1) is 15.1. The van der Waals surface area contributed by atoms with Crippen LogP contribution in [0.1, 0.15) is 40.3 Å². The van der Waals surface area contributed by atoms with E-state index in [-0.39, 0.29) is 17.7 Å². The molecule has 0 bridgehead atoms. The van der Waals surface area contributed by atoms with Crippen molar-refractivity contribution in [2.24, 2.45) is 0 Å². The van der Waals surface area contributed by atoms with E-state index in [0.717, 1.165) is 34.7 Å². The molecule has 2 aromatic carbocycles. The molecule has 0 radical (unpaired) electrons. The van der Waals surface area contributed by atoms with Crippen molar-refractivity contribution in [2.75, 3.05) is 7.11 Å². The molecule has 2 aromatic heterocycles. The first kappa shape index (κ1) is 20.4. The number of aromatic nitrogens is 3. The van der Waals surface area contributed by atoms with Gasteiger partial charge in [0, 0.05) is 24.4 Å². The molecule has 0 fully saturated rings. The summed E-state index contributed by atoms with van der Waals surface area (Å²) in [7, 11) is 1.62. The van der Waals surface area contributed by atoms with Gasteiger partial charge in [0.1, 0.15) is 11.4 Å². The van der Waals surface area contributed by atoms with Crippen LogP contribution in [-0.2, 0) is 6.54 Å². The minimum absolute atomic E-state index is 0.146. The zero-order valence-corrected chi connectivity index (χ0v) is 17.7. The van der Waals surface area contributed by atoms with Crippen molar-refractivity contribution in [1.82, 2.24) is 20.3 Å². The highest BCUT2D eigenvalue weighted by Gasteiger charge is 2.22.